The van der Waals surface area contributed by atoms with Gasteiger partial charge in [0.2, 0.25) is 0 Å². The topological polar surface area (TPSA) is 99.5 Å². The van der Waals surface area contributed by atoms with Crippen molar-refractivity contribution in [3.05, 3.63) is 39.9 Å². The van der Waals surface area contributed by atoms with Gasteiger partial charge in [-0.25, -0.2) is 4.98 Å². The zero-order chi connectivity index (χ0) is 14.7. The molecule has 20 heavy (non-hydrogen) atoms. The Labute approximate surface area is 122 Å². The van der Waals surface area contributed by atoms with Crippen molar-refractivity contribution in [2.45, 2.75) is 6.42 Å². The van der Waals surface area contributed by atoms with Crippen LogP contribution in [0.2, 0.25) is 5.02 Å². The van der Waals surface area contributed by atoms with Gasteiger partial charge in [-0.1, -0.05) is 11.6 Å². The SMILES string of the molecule is O=C(O)Cc1csc(NC(=O)c2ccc(O)c(Cl)c2)n1. The number of hydrogen-bond donors (Lipinski definition) is 3. The quantitative estimate of drug-likeness (QED) is 0.805. The number of rotatable bonds is 4. The Balaban J connectivity index is 2.09. The first-order chi connectivity index (χ1) is 9.45. The van der Waals surface area contributed by atoms with E-state index in [1.54, 1.807) is 5.38 Å². The number of phenolic OH excluding ortho intramolecular Hbond substituents is 1. The summed E-state index contributed by atoms with van der Waals surface area (Å²) in [6, 6.07) is 4.06. The molecule has 0 saturated heterocycles. The number of benzene rings is 1. The average molecular weight is 313 g/mol. The van der Waals surface area contributed by atoms with Crippen LogP contribution in [-0.4, -0.2) is 27.1 Å². The number of halogens is 1. The summed E-state index contributed by atoms with van der Waals surface area (Å²) in [6.07, 6.45) is -0.197. The number of carbonyl (C=O) groups excluding carboxylic acids is 1. The molecule has 1 aromatic carbocycles. The van der Waals surface area contributed by atoms with Gasteiger partial charge < -0.3 is 10.2 Å². The maximum absolute atomic E-state index is 11.9. The molecule has 104 valence electrons. The van der Waals surface area contributed by atoms with Crippen LogP contribution >= 0.6 is 22.9 Å². The van der Waals surface area contributed by atoms with Gasteiger partial charge in [0.25, 0.3) is 5.91 Å². The van der Waals surface area contributed by atoms with Gasteiger partial charge in [0.1, 0.15) is 5.75 Å². The molecule has 0 saturated carbocycles. The second kappa shape index (κ2) is 5.89. The minimum absolute atomic E-state index is 0.0726. The van der Waals surface area contributed by atoms with Crippen molar-refractivity contribution in [2.75, 3.05) is 5.32 Å². The average Bonchev–Trinajstić information content (AvgIpc) is 2.79. The molecule has 0 spiro atoms. The number of carboxylic acids is 1. The molecule has 2 aromatic rings. The summed E-state index contributed by atoms with van der Waals surface area (Å²) < 4.78 is 0. The molecule has 0 bridgehead atoms. The molecule has 0 radical (unpaired) electrons. The Kier molecular flexibility index (Phi) is 4.21. The van der Waals surface area contributed by atoms with E-state index in [9.17, 15) is 14.7 Å². The predicted molar refractivity (Wildman–Crippen MR) is 74.5 cm³/mol. The summed E-state index contributed by atoms with van der Waals surface area (Å²) in [5.74, 6) is -1.54. The molecule has 0 unspecified atom stereocenters. The summed E-state index contributed by atoms with van der Waals surface area (Å²) in [4.78, 5) is 26.4. The van der Waals surface area contributed by atoms with E-state index in [4.69, 9.17) is 16.7 Å². The first-order valence-electron chi connectivity index (χ1n) is 5.42. The molecule has 1 amide bonds. The summed E-state index contributed by atoms with van der Waals surface area (Å²) >= 11 is 6.85. The van der Waals surface area contributed by atoms with Crippen molar-refractivity contribution in [3.8, 4) is 5.75 Å². The Morgan fingerprint density at radius 2 is 2.15 bits per heavy atom. The maximum atomic E-state index is 11.9. The number of carboxylic acid groups (broad SMARTS) is 1. The molecule has 2 rings (SSSR count). The highest BCUT2D eigenvalue weighted by molar-refractivity contribution is 7.14. The minimum Gasteiger partial charge on any atom is -0.506 e. The number of carbonyl (C=O) groups is 2. The third-order valence-electron chi connectivity index (χ3n) is 2.31. The number of nitrogens with one attached hydrogen (secondary N) is 1. The number of aliphatic carboxylic acids is 1. The van der Waals surface area contributed by atoms with E-state index < -0.39 is 11.9 Å². The van der Waals surface area contributed by atoms with Crippen LogP contribution < -0.4 is 5.32 Å². The van der Waals surface area contributed by atoms with Crippen LogP contribution in [0.25, 0.3) is 0 Å². The fourth-order valence-electron chi connectivity index (χ4n) is 1.42. The number of aromatic nitrogens is 1. The number of amides is 1. The second-order valence-corrected chi connectivity index (χ2v) is 5.10. The maximum Gasteiger partial charge on any atom is 0.309 e. The monoisotopic (exact) mass is 312 g/mol. The summed E-state index contributed by atoms with van der Waals surface area (Å²) in [6.45, 7) is 0. The van der Waals surface area contributed by atoms with Crippen LogP contribution in [0.1, 0.15) is 16.1 Å². The normalized spacial score (nSPS) is 10.2. The van der Waals surface area contributed by atoms with Crippen LogP contribution in [0.4, 0.5) is 5.13 Å². The molecule has 1 aromatic heterocycles. The van der Waals surface area contributed by atoms with Crippen LogP contribution in [0.15, 0.2) is 23.6 Å². The second-order valence-electron chi connectivity index (χ2n) is 3.83. The third-order valence-corrected chi connectivity index (χ3v) is 3.42. The van der Waals surface area contributed by atoms with Crippen molar-refractivity contribution >= 4 is 39.9 Å². The van der Waals surface area contributed by atoms with Crippen LogP contribution in [0.5, 0.6) is 5.75 Å². The lowest BCUT2D eigenvalue weighted by atomic mass is 10.2. The van der Waals surface area contributed by atoms with Gasteiger partial charge in [-0.3, -0.25) is 14.9 Å². The Hall–Kier alpha value is -2.12. The van der Waals surface area contributed by atoms with Crippen LogP contribution in [0, 0.1) is 0 Å². The van der Waals surface area contributed by atoms with Gasteiger partial charge in [-0.15, -0.1) is 11.3 Å². The smallest absolute Gasteiger partial charge is 0.309 e. The van der Waals surface area contributed by atoms with Gasteiger partial charge >= 0.3 is 5.97 Å². The molecule has 3 N–H and O–H groups in total. The lowest BCUT2D eigenvalue weighted by Crippen LogP contribution is -2.11. The van der Waals surface area contributed by atoms with Crippen molar-refractivity contribution in [3.63, 3.8) is 0 Å². The fraction of sp³-hybridized carbons (Fsp3) is 0.0833. The molecule has 1 heterocycles. The highest BCUT2D eigenvalue weighted by Gasteiger charge is 2.12. The van der Waals surface area contributed by atoms with Crippen molar-refractivity contribution < 1.29 is 19.8 Å². The molecule has 0 fully saturated rings. The van der Waals surface area contributed by atoms with E-state index in [2.05, 4.69) is 10.3 Å². The lowest BCUT2D eigenvalue weighted by molar-refractivity contribution is -0.136. The first-order valence-corrected chi connectivity index (χ1v) is 6.67. The van der Waals surface area contributed by atoms with E-state index in [0.29, 0.717) is 10.8 Å². The summed E-state index contributed by atoms with van der Waals surface area (Å²) in [5.41, 5.74) is 0.643. The fourth-order valence-corrected chi connectivity index (χ4v) is 2.30. The van der Waals surface area contributed by atoms with E-state index in [1.165, 1.54) is 18.2 Å². The van der Waals surface area contributed by atoms with Crippen molar-refractivity contribution in [2.24, 2.45) is 0 Å². The summed E-state index contributed by atoms with van der Waals surface area (Å²) in [7, 11) is 0. The molecule has 0 aliphatic rings. The minimum atomic E-state index is -0.988. The molecule has 6 nitrogen and oxygen atoms in total. The lowest BCUT2D eigenvalue weighted by Gasteiger charge is -2.03. The van der Waals surface area contributed by atoms with Gasteiger partial charge in [-0.05, 0) is 18.2 Å². The number of phenols is 1. The predicted octanol–water partition coefficient (Wildman–Crippen LogP) is 2.38. The van der Waals surface area contributed by atoms with Gasteiger partial charge in [0.05, 0.1) is 17.1 Å². The first kappa shape index (κ1) is 14.3. The molecule has 0 atom stereocenters. The number of thiazole rings is 1. The van der Waals surface area contributed by atoms with E-state index in [0.717, 1.165) is 11.3 Å². The van der Waals surface area contributed by atoms with E-state index in [1.807, 2.05) is 0 Å². The Morgan fingerprint density at radius 1 is 1.40 bits per heavy atom. The zero-order valence-corrected chi connectivity index (χ0v) is 11.5. The molecule has 8 heteroatoms. The van der Waals surface area contributed by atoms with Crippen LogP contribution in [0.3, 0.4) is 0 Å². The van der Waals surface area contributed by atoms with Crippen LogP contribution in [-0.2, 0) is 11.2 Å². The van der Waals surface area contributed by atoms with E-state index >= 15 is 0 Å². The van der Waals surface area contributed by atoms with Crippen molar-refractivity contribution in [1.82, 2.24) is 4.98 Å². The number of anilines is 1. The number of aromatic hydroxyl groups is 1. The van der Waals surface area contributed by atoms with Gasteiger partial charge in [0, 0.05) is 10.9 Å². The number of nitrogens with zero attached hydrogens (tertiary/aromatic N) is 1. The zero-order valence-electron chi connectivity index (χ0n) is 9.96. The standard InChI is InChI=1S/C12H9ClN2O4S/c13-8-3-6(1-2-9(8)16)11(19)15-12-14-7(5-20-12)4-10(17)18/h1-3,5,16H,4H2,(H,17,18)(H,14,15,19). The summed E-state index contributed by atoms with van der Waals surface area (Å²) in [5, 5.41) is 22.4. The molecular weight excluding hydrogens is 304 g/mol. The number of hydrogen-bond acceptors (Lipinski definition) is 5. The molecule has 0 aliphatic carbocycles. The highest BCUT2D eigenvalue weighted by Crippen LogP contribution is 2.24. The Morgan fingerprint density at radius 3 is 2.80 bits per heavy atom. The molecular formula is C12H9ClN2O4S. The van der Waals surface area contributed by atoms with E-state index in [-0.39, 0.29) is 22.8 Å². The largest absolute Gasteiger partial charge is 0.506 e. The molecule has 0 aliphatic heterocycles. The third kappa shape index (κ3) is 3.46. The van der Waals surface area contributed by atoms with Gasteiger partial charge in [-0.2, -0.15) is 0 Å². The van der Waals surface area contributed by atoms with Gasteiger partial charge in [0.15, 0.2) is 5.13 Å². The highest BCUT2D eigenvalue weighted by atomic mass is 35.5. The Bertz CT molecular complexity index is 671. The van der Waals surface area contributed by atoms with Crippen molar-refractivity contribution in [1.29, 1.82) is 0 Å².